The van der Waals surface area contributed by atoms with E-state index in [-0.39, 0.29) is 5.56 Å². The van der Waals surface area contributed by atoms with Crippen molar-refractivity contribution in [3.8, 4) is 11.4 Å². The average Bonchev–Trinajstić information content (AvgIpc) is 2.86. The van der Waals surface area contributed by atoms with Crippen LogP contribution in [0.15, 0.2) is 29.3 Å². The fourth-order valence-electron chi connectivity index (χ4n) is 1.91. The molecular weight excluding hydrogens is 218 g/mol. The molecule has 0 bridgehead atoms. The van der Waals surface area contributed by atoms with Gasteiger partial charge in [-0.15, -0.1) is 0 Å². The maximum atomic E-state index is 11.6. The number of aromatic nitrogens is 5. The summed E-state index contributed by atoms with van der Waals surface area (Å²) in [5, 5.41) is 8.36. The SMILES string of the molecule is Cc1cnn2c(-c3ccnn3C)cc(=O)[nH]c12. The quantitative estimate of drug-likeness (QED) is 0.669. The van der Waals surface area contributed by atoms with E-state index < -0.39 is 0 Å². The number of nitrogens with one attached hydrogen (secondary N) is 1. The molecule has 3 aromatic rings. The normalized spacial score (nSPS) is 11.2. The highest BCUT2D eigenvalue weighted by atomic mass is 16.1. The molecule has 0 atom stereocenters. The van der Waals surface area contributed by atoms with Crippen molar-refractivity contribution in [2.75, 3.05) is 0 Å². The molecule has 0 aliphatic carbocycles. The summed E-state index contributed by atoms with van der Waals surface area (Å²) in [5.74, 6) is 0. The van der Waals surface area contributed by atoms with Gasteiger partial charge in [0.15, 0.2) is 0 Å². The van der Waals surface area contributed by atoms with E-state index in [0.717, 1.165) is 17.0 Å². The van der Waals surface area contributed by atoms with E-state index in [0.29, 0.717) is 5.65 Å². The Kier molecular flexibility index (Phi) is 1.91. The van der Waals surface area contributed by atoms with Gasteiger partial charge in [-0.1, -0.05) is 0 Å². The van der Waals surface area contributed by atoms with E-state index in [1.54, 1.807) is 21.6 Å². The number of hydrogen-bond acceptors (Lipinski definition) is 3. The van der Waals surface area contributed by atoms with E-state index in [1.165, 1.54) is 6.07 Å². The number of H-pyrrole nitrogens is 1. The van der Waals surface area contributed by atoms with Gasteiger partial charge >= 0.3 is 0 Å². The highest BCUT2D eigenvalue weighted by molar-refractivity contribution is 5.60. The lowest BCUT2D eigenvalue weighted by Crippen LogP contribution is -2.11. The minimum Gasteiger partial charge on any atom is -0.307 e. The molecule has 6 nitrogen and oxygen atoms in total. The molecule has 17 heavy (non-hydrogen) atoms. The fourth-order valence-corrected chi connectivity index (χ4v) is 1.91. The lowest BCUT2D eigenvalue weighted by molar-refractivity contribution is 0.766. The zero-order valence-corrected chi connectivity index (χ0v) is 9.51. The summed E-state index contributed by atoms with van der Waals surface area (Å²) >= 11 is 0. The van der Waals surface area contributed by atoms with Crippen molar-refractivity contribution in [2.45, 2.75) is 6.92 Å². The summed E-state index contributed by atoms with van der Waals surface area (Å²) in [6.07, 6.45) is 3.42. The van der Waals surface area contributed by atoms with Crippen LogP contribution in [0, 0.1) is 6.92 Å². The summed E-state index contributed by atoms with van der Waals surface area (Å²) in [7, 11) is 1.83. The van der Waals surface area contributed by atoms with Crippen molar-refractivity contribution < 1.29 is 0 Å². The van der Waals surface area contributed by atoms with Gasteiger partial charge in [0.2, 0.25) is 0 Å². The molecule has 3 rings (SSSR count). The van der Waals surface area contributed by atoms with Crippen molar-refractivity contribution in [3.63, 3.8) is 0 Å². The van der Waals surface area contributed by atoms with Crippen molar-refractivity contribution in [1.29, 1.82) is 0 Å². The smallest absolute Gasteiger partial charge is 0.251 e. The first-order valence-corrected chi connectivity index (χ1v) is 5.23. The molecule has 0 aliphatic heterocycles. The maximum absolute atomic E-state index is 11.6. The number of rotatable bonds is 1. The van der Waals surface area contributed by atoms with E-state index in [2.05, 4.69) is 15.2 Å². The summed E-state index contributed by atoms with van der Waals surface area (Å²) in [6.45, 7) is 1.91. The average molecular weight is 229 g/mol. The third kappa shape index (κ3) is 1.37. The third-order valence-electron chi connectivity index (χ3n) is 2.77. The second kappa shape index (κ2) is 3.31. The monoisotopic (exact) mass is 229 g/mol. The zero-order valence-electron chi connectivity index (χ0n) is 9.51. The number of aryl methyl sites for hydroxylation is 2. The maximum Gasteiger partial charge on any atom is 0.251 e. The lowest BCUT2D eigenvalue weighted by atomic mass is 10.3. The van der Waals surface area contributed by atoms with Gasteiger partial charge in [-0.25, -0.2) is 4.52 Å². The van der Waals surface area contributed by atoms with Gasteiger partial charge in [0.1, 0.15) is 5.65 Å². The molecule has 0 radical (unpaired) electrons. The van der Waals surface area contributed by atoms with Gasteiger partial charge in [0.25, 0.3) is 5.56 Å². The van der Waals surface area contributed by atoms with Gasteiger partial charge in [-0.05, 0) is 13.0 Å². The Hall–Kier alpha value is -2.37. The van der Waals surface area contributed by atoms with Gasteiger partial charge < -0.3 is 4.98 Å². The van der Waals surface area contributed by atoms with E-state index in [1.807, 2.05) is 20.0 Å². The van der Waals surface area contributed by atoms with Gasteiger partial charge in [0, 0.05) is 24.9 Å². The Morgan fingerprint density at radius 1 is 1.29 bits per heavy atom. The topological polar surface area (TPSA) is 68.0 Å². The van der Waals surface area contributed by atoms with Gasteiger partial charge in [-0.2, -0.15) is 10.2 Å². The van der Waals surface area contributed by atoms with Crippen molar-refractivity contribution in [1.82, 2.24) is 24.4 Å². The Balaban J connectivity index is 2.44. The number of hydrogen-bond donors (Lipinski definition) is 1. The Bertz CT molecular complexity index is 749. The predicted octanol–water partition coefficient (Wildman–Crippen LogP) is 0.732. The van der Waals surface area contributed by atoms with Crippen LogP contribution in [-0.4, -0.2) is 24.4 Å². The van der Waals surface area contributed by atoms with Crippen molar-refractivity contribution in [2.24, 2.45) is 7.05 Å². The number of fused-ring (bicyclic) bond motifs is 1. The van der Waals surface area contributed by atoms with Crippen molar-refractivity contribution >= 4 is 5.65 Å². The molecule has 0 saturated carbocycles. The van der Waals surface area contributed by atoms with Crippen LogP contribution in [0.4, 0.5) is 0 Å². The summed E-state index contributed by atoms with van der Waals surface area (Å²) in [5.41, 5.74) is 3.10. The summed E-state index contributed by atoms with van der Waals surface area (Å²) in [4.78, 5) is 14.4. The van der Waals surface area contributed by atoms with Crippen LogP contribution < -0.4 is 5.56 Å². The Morgan fingerprint density at radius 2 is 2.12 bits per heavy atom. The Morgan fingerprint density at radius 3 is 2.82 bits per heavy atom. The molecule has 1 N–H and O–H groups in total. The van der Waals surface area contributed by atoms with Gasteiger partial charge in [0.05, 0.1) is 17.6 Å². The molecule has 0 spiro atoms. The first kappa shape index (κ1) is 9.83. The van der Waals surface area contributed by atoms with Gasteiger partial charge in [-0.3, -0.25) is 9.48 Å². The second-order valence-corrected chi connectivity index (χ2v) is 3.95. The largest absolute Gasteiger partial charge is 0.307 e. The summed E-state index contributed by atoms with van der Waals surface area (Å²) in [6, 6.07) is 3.38. The van der Waals surface area contributed by atoms with E-state index in [4.69, 9.17) is 0 Å². The Labute approximate surface area is 96.5 Å². The van der Waals surface area contributed by atoms with Crippen LogP contribution in [0.1, 0.15) is 5.56 Å². The molecular formula is C11H11N5O. The second-order valence-electron chi connectivity index (χ2n) is 3.95. The predicted molar refractivity (Wildman–Crippen MR) is 62.8 cm³/mol. The third-order valence-corrected chi connectivity index (χ3v) is 2.77. The zero-order chi connectivity index (χ0) is 12.0. The van der Waals surface area contributed by atoms with Crippen molar-refractivity contribution in [3.05, 3.63) is 40.4 Å². The highest BCUT2D eigenvalue weighted by Crippen LogP contribution is 2.17. The molecule has 3 aromatic heterocycles. The van der Waals surface area contributed by atoms with Crippen LogP contribution in [0.2, 0.25) is 0 Å². The fraction of sp³-hybridized carbons (Fsp3) is 0.182. The van der Waals surface area contributed by atoms with Crippen LogP contribution in [0.5, 0.6) is 0 Å². The molecule has 3 heterocycles. The first-order valence-electron chi connectivity index (χ1n) is 5.23. The molecule has 0 unspecified atom stereocenters. The van der Waals surface area contributed by atoms with Crippen LogP contribution in [0.25, 0.3) is 17.0 Å². The van der Waals surface area contributed by atoms with E-state index in [9.17, 15) is 4.79 Å². The standard InChI is InChI=1S/C11H11N5O/c1-7-6-13-16-9(5-10(17)14-11(7)16)8-3-4-12-15(8)2/h3-6H,1-2H3,(H,14,17). The highest BCUT2D eigenvalue weighted by Gasteiger charge is 2.11. The lowest BCUT2D eigenvalue weighted by Gasteiger charge is -2.04. The molecule has 0 saturated heterocycles. The minimum absolute atomic E-state index is 0.141. The molecule has 0 amide bonds. The van der Waals surface area contributed by atoms with Crippen LogP contribution in [0.3, 0.4) is 0 Å². The molecule has 0 aromatic carbocycles. The summed E-state index contributed by atoms with van der Waals surface area (Å²) < 4.78 is 3.43. The van der Waals surface area contributed by atoms with E-state index >= 15 is 0 Å². The first-order chi connectivity index (χ1) is 8.16. The van der Waals surface area contributed by atoms with Crippen LogP contribution >= 0.6 is 0 Å². The number of aromatic amines is 1. The molecule has 86 valence electrons. The number of nitrogens with zero attached hydrogens (tertiary/aromatic N) is 4. The molecule has 6 heteroatoms. The molecule has 0 aliphatic rings. The molecule has 0 fully saturated rings. The minimum atomic E-state index is -0.141. The van der Waals surface area contributed by atoms with Crippen LogP contribution in [-0.2, 0) is 7.05 Å².